The van der Waals surface area contributed by atoms with Crippen LogP contribution < -0.4 is 10.2 Å². The number of anilines is 1. The summed E-state index contributed by atoms with van der Waals surface area (Å²) in [6.45, 7) is 3.93. The smallest absolute Gasteiger partial charge is 0.322 e. The Hall–Kier alpha value is -2.14. The molecule has 0 radical (unpaired) electrons. The third-order valence-corrected chi connectivity index (χ3v) is 3.71. The number of nitrogens with zero attached hydrogens (tertiary/aromatic N) is 2. The Labute approximate surface area is 117 Å². The number of carbonyl (C=O) groups is 1. The number of hydrogen-bond acceptors (Lipinski definition) is 4. The molecule has 1 aromatic carbocycles. The van der Waals surface area contributed by atoms with E-state index in [2.05, 4.69) is 23.3 Å². The zero-order valence-corrected chi connectivity index (χ0v) is 11.3. The largest absolute Gasteiger partial charge is 0.480 e. The second kappa shape index (κ2) is 5.09. The van der Waals surface area contributed by atoms with E-state index in [4.69, 9.17) is 5.11 Å². The summed E-state index contributed by atoms with van der Waals surface area (Å²) in [4.78, 5) is 17.8. The van der Waals surface area contributed by atoms with Gasteiger partial charge in [0.2, 0.25) is 0 Å². The normalized spacial score (nSPS) is 19.2. The first-order valence-electron chi connectivity index (χ1n) is 6.72. The highest BCUT2D eigenvalue weighted by Crippen LogP contribution is 2.22. The van der Waals surface area contributed by atoms with Crippen molar-refractivity contribution in [1.29, 1.82) is 0 Å². The summed E-state index contributed by atoms with van der Waals surface area (Å²) >= 11 is 0. The van der Waals surface area contributed by atoms with Crippen LogP contribution in [-0.2, 0) is 4.79 Å². The average molecular weight is 271 g/mol. The molecular formula is C15H17N3O2. The lowest BCUT2D eigenvalue weighted by Crippen LogP contribution is -2.54. The number of nitrogens with one attached hydrogen (secondary N) is 1. The summed E-state index contributed by atoms with van der Waals surface area (Å²) in [6, 6.07) is 9.52. The van der Waals surface area contributed by atoms with Crippen LogP contribution in [0.1, 0.15) is 5.56 Å². The van der Waals surface area contributed by atoms with Crippen LogP contribution >= 0.6 is 0 Å². The lowest BCUT2D eigenvalue weighted by Gasteiger charge is -2.32. The van der Waals surface area contributed by atoms with Crippen molar-refractivity contribution in [1.82, 2.24) is 10.3 Å². The predicted molar refractivity (Wildman–Crippen MR) is 78.1 cm³/mol. The summed E-state index contributed by atoms with van der Waals surface area (Å²) in [5, 5.41) is 13.3. The van der Waals surface area contributed by atoms with Crippen molar-refractivity contribution in [3.05, 3.63) is 35.9 Å². The van der Waals surface area contributed by atoms with Crippen molar-refractivity contribution < 1.29 is 9.90 Å². The maximum absolute atomic E-state index is 11.1. The van der Waals surface area contributed by atoms with Crippen LogP contribution in [0.2, 0.25) is 0 Å². The van der Waals surface area contributed by atoms with E-state index >= 15 is 0 Å². The number of carboxylic acids is 1. The number of hydrogen-bond donors (Lipinski definition) is 2. The van der Waals surface area contributed by atoms with Crippen LogP contribution in [0.25, 0.3) is 10.9 Å². The van der Waals surface area contributed by atoms with E-state index in [1.165, 1.54) is 0 Å². The third-order valence-electron chi connectivity index (χ3n) is 3.71. The number of piperazine rings is 1. The van der Waals surface area contributed by atoms with E-state index in [-0.39, 0.29) is 0 Å². The Balaban J connectivity index is 1.95. The Kier molecular flexibility index (Phi) is 3.28. The molecule has 0 bridgehead atoms. The van der Waals surface area contributed by atoms with Gasteiger partial charge >= 0.3 is 5.97 Å². The van der Waals surface area contributed by atoms with Crippen molar-refractivity contribution in [2.24, 2.45) is 0 Å². The van der Waals surface area contributed by atoms with Crippen LogP contribution in [0.3, 0.4) is 0 Å². The van der Waals surface area contributed by atoms with E-state index in [1.807, 2.05) is 29.2 Å². The Morgan fingerprint density at radius 2 is 2.25 bits per heavy atom. The zero-order chi connectivity index (χ0) is 14.1. The number of benzene rings is 1. The van der Waals surface area contributed by atoms with Gasteiger partial charge in [0.25, 0.3) is 0 Å². The summed E-state index contributed by atoms with van der Waals surface area (Å²) in [7, 11) is 0. The molecule has 0 amide bonds. The Morgan fingerprint density at radius 3 is 3.05 bits per heavy atom. The number of fused-ring (bicyclic) bond motifs is 1. The van der Waals surface area contributed by atoms with E-state index in [9.17, 15) is 4.79 Å². The predicted octanol–water partition coefficient (Wildman–Crippen LogP) is 1.41. The van der Waals surface area contributed by atoms with Gasteiger partial charge in [0, 0.05) is 25.0 Å². The number of aromatic nitrogens is 1. The molecule has 0 aliphatic carbocycles. The highest BCUT2D eigenvalue weighted by molar-refractivity contribution is 5.84. The number of carboxylic acid groups (broad SMARTS) is 1. The van der Waals surface area contributed by atoms with Crippen LogP contribution in [-0.4, -0.2) is 41.7 Å². The molecule has 2 N–H and O–H groups in total. The second-order valence-corrected chi connectivity index (χ2v) is 5.11. The number of pyridine rings is 1. The SMILES string of the molecule is Cc1cc(N2CCNC(C(=O)O)C2)nc2ccccc12. The standard InChI is InChI=1S/C15H17N3O2/c1-10-8-14(17-12-5-3-2-4-11(10)12)18-7-6-16-13(9-18)15(19)20/h2-5,8,13,16H,6-7,9H2,1H3,(H,19,20). The maximum atomic E-state index is 11.1. The van der Waals surface area contributed by atoms with Crippen LogP contribution in [0.15, 0.2) is 30.3 Å². The van der Waals surface area contributed by atoms with Crippen molar-refractivity contribution in [3.8, 4) is 0 Å². The molecule has 1 atom stereocenters. The first-order valence-corrected chi connectivity index (χ1v) is 6.72. The van der Waals surface area contributed by atoms with E-state index in [0.29, 0.717) is 13.1 Å². The fraction of sp³-hybridized carbons (Fsp3) is 0.333. The van der Waals surface area contributed by atoms with Gasteiger partial charge in [-0.05, 0) is 24.6 Å². The van der Waals surface area contributed by atoms with Crippen molar-refractivity contribution in [2.75, 3.05) is 24.5 Å². The molecule has 0 saturated carbocycles. The molecule has 104 valence electrons. The van der Waals surface area contributed by atoms with Crippen LogP contribution in [0.4, 0.5) is 5.82 Å². The van der Waals surface area contributed by atoms with Gasteiger partial charge in [0.15, 0.2) is 0 Å². The summed E-state index contributed by atoms with van der Waals surface area (Å²) < 4.78 is 0. The molecule has 5 heteroatoms. The number of rotatable bonds is 2. The minimum atomic E-state index is -0.813. The second-order valence-electron chi connectivity index (χ2n) is 5.11. The van der Waals surface area contributed by atoms with E-state index < -0.39 is 12.0 Å². The van der Waals surface area contributed by atoms with Gasteiger partial charge in [-0.15, -0.1) is 0 Å². The molecule has 20 heavy (non-hydrogen) atoms. The molecule has 1 saturated heterocycles. The first kappa shape index (κ1) is 12.9. The molecule has 5 nitrogen and oxygen atoms in total. The molecule has 1 aromatic heterocycles. The summed E-state index contributed by atoms with van der Waals surface area (Å²) in [5.74, 6) is 0.0427. The summed E-state index contributed by atoms with van der Waals surface area (Å²) in [5.41, 5.74) is 2.11. The maximum Gasteiger partial charge on any atom is 0.322 e. The minimum Gasteiger partial charge on any atom is -0.480 e. The highest BCUT2D eigenvalue weighted by atomic mass is 16.4. The number of para-hydroxylation sites is 1. The van der Waals surface area contributed by atoms with Gasteiger partial charge in [-0.3, -0.25) is 4.79 Å². The van der Waals surface area contributed by atoms with Gasteiger partial charge in [0.1, 0.15) is 11.9 Å². The summed E-state index contributed by atoms with van der Waals surface area (Å²) in [6.07, 6.45) is 0. The van der Waals surface area contributed by atoms with Gasteiger partial charge in [-0.25, -0.2) is 4.98 Å². The number of aliphatic carboxylic acids is 1. The molecule has 2 heterocycles. The van der Waals surface area contributed by atoms with Gasteiger partial charge in [-0.1, -0.05) is 18.2 Å². The molecule has 1 fully saturated rings. The van der Waals surface area contributed by atoms with Crippen LogP contribution in [0, 0.1) is 6.92 Å². The fourth-order valence-corrected chi connectivity index (χ4v) is 2.62. The molecule has 3 rings (SSSR count). The van der Waals surface area contributed by atoms with Crippen molar-refractivity contribution in [3.63, 3.8) is 0 Å². The number of aryl methyl sites for hydroxylation is 1. The third kappa shape index (κ3) is 2.32. The van der Waals surface area contributed by atoms with Crippen molar-refractivity contribution >= 4 is 22.7 Å². The Morgan fingerprint density at radius 1 is 1.45 bits per heavy atom. The Bertz CT molecular complexity index is 657. The highest BCUT2D eigenvalue weighted by Gasteiger charge is 2.25. The topological polar surface area (TPSA) is 65.5 Å². The minimum absolute atomic E-state index is 0.445. The van der Waals surface area contributed by atoms with E-state index in [1.54, 1.807) is 0 Å². The lowest BCUT2D eigenvalue weighted by atomic mass is 10.1. The van der Waals surface area contributed by atoms with Crippen molar-refractivity contribution in [2.45, 2.75) is 13.0 Å². The molecule has 2 aromatic rings. The fourth-order valence-electron chi connectivity index (χ4n) is 2.62. The molecule has 1 unspecified atom stereocenters. The molecule has 1 aliphatic heterocycles. The first-order chi connectivity index (χ1) is 9.65. The molecular weight excluding hydrogens is 254 g/mol. The van der Waals surface area contributed by atoms with Gasteiger partial charge < -0.3 is 15.3 Å². The van der Waals surface area contributed by atoms with Gasteiger partial charge in [-0.2, -0.15) is 0 Å². The van der Waals surface area contributed by atoms with E-state index in [0.717, 1.165) is 28.8 Å². The van der Waals surface area contributed by atoms with Crippen LogP contribution in [0.5, 0.6) is 0 Å². The monoisotopic (exact) mass is 271 g/mol. The lowest BCUT2D eigenvalue weighted by molar-refractivity contribution is -0.139. The molecule has 1 aliphatic rings. The molecule has 0 spiro atoms. The average Bonchev–Trinajstić information content (AvgIpc) is 2.47. The quantitative estimate of drug-likeness (QED) is 0.864. The zero-order valence-electron chi connectivity index (χ0n) is 11.3. The van der Waals surface area contributed by atoms with Gasteiger partial charge in [0.05, 0.1) is 5.52 Å².